The van der Waals surface area contributed by atoms with Gasteiger partial charge >= 0.3 is 6.03 Å². The maximum atomic E-state index is 14.0. The molecule has 0 bridgehead atoms. The first-order valence-corrected chi connectivity index (χ1v) is 12.8. The lowest BCUT2D eigenvalue weighted by Crippen LogP contribution is -2.55. The summed E-state index contributed by atoms with van der Waals surface area (Å²) in [6.45, 7) is 6.72. The van der Waals surface area contributed by atoms with Crippen LogP contribution >= 0.6 is 0 Å². The van der Waals surface area contributed by atoms with E-state index in [1.165, 1.54) is 0 Å². The number of benzene rings is 1. The molecule has 2 aliphatic rings. The van der Waals surface area contributed by atoms with E-state index in [0.29, 0.717) is 37.0 Å². The van der Waals surface area contributed by atoms with E-state index in [1.54, 1.807) is 37.7 Å². The Bertz CT molecular complexity index is 1270. The van der Waals surface area contributed by atoms with Crippen LogP contribution in [0.2, 0.25) is 0 Å². The van der Waals surface area contributed by atoms with Gasteiger partial charge in [-0.2, -0.15) is 10.1 Å². The molecule has 2 fully saturated rings. The summed E-state index contributed by atoms with van der Waals surface area (Å²) in [6, 6.07) is 7.67. The van der Waals surface area contributed by atoms with E-state index in [-0.39, 0.29) is 6.03 Å². The Labute approximate surface area is 222 Å². The van der Waals surface area contributed by atoms with Crippen LogP contribution in [0.1, 0.15) is 32.3 Å². The second-order valence-electron chi connectivity index (χ2n) is 10.7. The number of amides is 2. The number of β-amino-alcohol motifs (C(OH)–C–C–N with tert-alkyl or cyclic N) is 1. The summed E-state index contributed by atoms with van der Waals surface area (Å²) >= 11 is 0. The molecule has 0 atom stereocenters. The lowest BCUT2D eigenvalue weighted by Gasteiger charge is -2.44. The smallest absolute Gasteiger partial charge is 0.327 e. The average Bonchev–Trinajstić information content (AvgIpc) is 3.53. The van der Waals surface area contributed by atoms with E-state index >= 15 is 0 Å². The quantitative estimate of drug-likeness (QED) is 0.464. The minimum atomic E-state index is -0.774. The van der Waals surface area contributed by atoms with Crippen molar-refractivity contribution in [3.8, 4) is 22.8 Å². The first-order valence-electron chi connectivity index (χ1n) is 12.8. The van der Waals surface area contributed by atoms with Gasteiger partial charge in [-0.15, -0.1) is 0 Å². The normalized spacial score (nSPS) is 17.9. The monoisotopic (exact) mass is 521 g/mol. The summed E-state index contributed by atoms with van der Waals surface area (Å²) in [7, 11) is 3.19. The minimum absolute atomic E-state index is 0.137. The van der Waals surface area contributed by atoms with Gasteiger partial charge in [0.05, 0.1) is 43.7 Å². The van der Waals surface area contributed by atoms with Gasteiger partial charge in [-0.1, -0.05) is 12.1 Å². The summed E-state index contributed by atoms with van der Waals surface area (Å²) in [5.74, 6) is 1.44. The number of carbonyl (C=O) groups is 1. The van der Waals surface area contributed by atoms with E-state index in [1.807, 2.05) is 43.0 Å². The summed E-state index contributed by atoms with van der Waals surface area (Å²) in [6.07, 6.45) is 6.64. The van der Waals surface area contributed by atoms with Crippen LogP contribution in [0.4, 0.5) is 10.7 Å². The van der Waals surface area contributed by atoms with Crippen LogP contribution in [-0.2, 0) is 6.54 Å². The highest BCUT2D eigenvalue weighted by molar-refractivity contribution is 5.94. The van der Waals surface area contributed by atoms with Crippen LogP contribution in [0.3, 0.4) is 0 Å². The molecule has 4 heterocycles. The van der Waals surface area contributed by atoms with Crippen molar-refractivity contribution < 1.29 is 19.4 Å². The fraction of sp³-hybridized carbons (Fsp3) is 0.481. The van der Waals surface area contributed by atoms with Crippen LogP contribution in [0, 0.1) is 0 Å². The van der Waals surface area contributed by atoms with Crippen molar-refractivity contribution in [1.82, 2.24) is 30.0 Å². The lowest BCUT2D eigenvalue weighted by molar-refractivity contribution is 0.00617. The zero-order valence-corrected chi connectivity index (χ0v) is 22.3. The molecule has 5 rings (SSSR count). The van der Waals surface area contributed by atoms with E-state index < -0.39 is 11.1 Å². The molecule has 38 heavy (non-hydrogen) atoms. The molecular weight excluding hydrogens is 486 g/mol. The van der Waals surface area contributed by atoms with Crippen LogP contribution in [0.5, 0.6) is 11.6 Å². The third kappa shape index (κ3) is 5.16. The van der Waals surface area contributed by atoms with Gasteiger partial charge in [0.1, 0.15) is 5.75 Å². The fourth-order valence-corrected chi connectivity index (χ4v) is 5.48. The largest absolute Gasteiger partial charge is 0.497 e. The second-order valence-corrected chi connectivity index (χ2v) is 10.7. The third-order valence-electron chi connectivity index (χ3n) is 7.34. The van der Waals surface area contributed by atoms with Gasteiger partial charge in [-0.05, 0) is 44.4 Å². The molecule has 2 aromatic heterocycles. The SMILES string of the molecule is COc1cccc(CN2C(=O)N(c3ncc(-c4cn[nH]c4)c(OC)n3)CC23CCN(CC(C)(C)O)CC3)c1. The van der Waals surface area contributed by atoms with Gasteiger partial charge in [0.2, 0.25) is 11.8 Å². The number of hydrogen-bond acceptors (Lipinski definition) is 8. The number of nitrogens with zero attached hydrogens (tertiary/aromatic N) is 6. The van der Waals surface area contributed by atoms with Gasteiger partial charge in [0.15, 0.2) is 0 Å². The van der Waals surface area contributed by atoms with E-state index in [2.05, 4.69) is 25.1 Å². The topological polar surface area (TPSA) is 120 Å². The zero-order chi connectivity index (χ0) is 26.9. The number of nitrogens with one attached hydrogen (secondary N) is 1. The van der Waals surface area contributed by atoms with Crippen molar-refractivity contribution in [1.29, 1.82) is 0 Å². The highest BCUT2D eigenvalue weighted by Gasteiger charge is 2.52. The minimum Gasteiger partial charge on any atom is -0.497 e. The number of aliphatic hydroxyl groups is 1. The van der Waals surface area contributed by atoms with Crippen molar-refractivity contribution in [2.45, 2.75) is 44.4 Å². The highest BCUT2D eigenvalue weighted by Crippen LogP contribution is 2.40. The summed E-state index contributed by atoms with van der Waals surface area (Å²) in [5, 5.41) is 17.1. The molecular formula is C27H35N7O4. The van der Waals surface area contributed by atoms with Crippen molar-refractivity contribution >= 4 is 12.0 Å². The molecule has 2 amide bonds. The summed E-state index contributed by atoms with van der Waals surface area (Å²) in [4.78, 5) is 29.1. The van der Waals surface area contributed by atoms with Gasteiger partial charge < -0.3 is 24.4 Å². The van der Waals surface area contributed by atoms with Gasteiger partial charge in [0.25, 0.3) is 0 Å². The molecule has 11 nitrogen and oxygen atoms in total. The lowest BCUT2D eigenvalue weighted by atomic mass is 9.86. The number of rotatable bonds is 8. The van der Waals surface area contributed by atoms with E-state index in [4.69, 9.17) is 9.47 Å². The Morgan fingerprint density at radius 1 is 1.16 bits per heavy atom. The second kappa shape index (κ2) is 10.2. The molecule has 3 aromatic rings. The maximum absolute atomic E-state index is 14.0. The Morgan fingerprint density at radius 3 is 2.61 bits per heavy atom. The van der Waals surface area contributed by atoms with E-state index in [9.17, 15) is 9.90 Å². The molecule has 2 N–H and O–H groups in total. The molecule has 1 spiro atoms. The number of aromatic nitrogens is 4. The number of methoxy groups -OCH3 is 2. The number of likely N-dealkylation sites (tertiary alicyclic amines) is 1. The number of H-pyrrole nitrogens is 1. The first kappa shape index (κ1) is 25.9. The van der Waals surface area contributed by atoms with E-state index in [0.717, 1.165) is 42.8 Å². The van der Waals surface area contributed by atoms with Crippen LogP contribution in [0.15, 0.2) is 42.9 Å². The van der Waals surface area contributed by atoms with Gasteiger partial charge in [0, 0.05) is 44.1 Å². The number of hydrogen-bond donors (Lipinski definition) is 2. The molecule has 0 saturated carbocycles. The summed E-state index contributed by atoms with van der Waals surface area (Å²) in [5.41, 5.74) is 1.32. The number of anilines is 1. The Kier molecular flexibility index (Phi) is 6.97. The molecule has 2 aliphatic heterocycles. The molecule has 202 valence electrons. The van der Waals surface area contributed by atoms with Gasteiger partial charge in [-0.3, -0.25) is 10.00 Å². The van der Waals surface area contributed by atoms with Crippen LogP contribution < -0.4 is 14.4 Å². The number of carbonyl (C=O) groups excluding carboxylic acids is 1. The molecule has 11 heteroatoms. The molecule has 2 saturated heterocycles. The van der Waals surface area contributed by atoms with Crippen LogP contribution in [-0.4, -0.2) is 92.6 Å². The molecule has 1 aromatic carbocycles. The first-order chi connectivity index (χ1) is 18.2. The average molecular weight is 522 g/mol. The Hall–Kier alpha value is -3.70. The highest BCUT2D eigenvalue weighted by atomic mass is 16.5. The standard InChI is InChI=1S/C27H35N7O4/c1-26(2,36)17-32-10-8-27(9-11-32)18-33(25(35)34(27)16-19-6-5-7-21(12-19)37-3)24-28-15-22(23(31-24)38-4)20-13-29-30-14-20/h5-7,12-15,36H,8-11,16-18H2,1-4H3,(H,29,30). The van der Waals surface area contributed by atoms with Crippen molar-refractivity contribution in [2.24, 2.45) is 0 Å². The predicted octanol–water partition coefficient (Wildman–Crippen LogP) is 2.93. The summed E-state index contributed by atoms with van der Waals surface area (Å²) < 4.78 is 11.0. The van der Waals surface area contributed by atoms with Crippen LogP contribution in [0.25, 0.3) is 11.1 Å². The molecule has 0 aliphatic carbocycles. The van der Waals surface area contributed by atoms with Gasteiger partial charge in [-0.25, -0.2) is 9.78 Å². The number of ether oxygens (including phenoxy) is 2. The number of urea groups is 1. The Morgan fingerprint density at radius 2 is 1.95 bits per heavy atom. The number of piperidine rings is 1. The fourth-order valence-electron chi connectivity index (χ4n) is 5.48. The molecule has 0 radical (unpaired) electrons. The number of aromatic amines is 1. The maximum Gasteiger partial charge on any atom is 0.327 e. The zero-order valence-electron chi connectivity index (χ0n) is 22.3. The Balaban J connectivity index is 1.45. The van der Waals surface area contributed by atoms with Crippen molar-refractivity contribution in [2.75, 3.05) is 45.3 Å². The van der Waals surface area contributed by atoms with Crippen molar-refractivity contribution in [3.05, 3.63) is 48.4 Å². The molecule has 0 unspecified atom stereocenters. The van der Waals surface area contributed by atoms with Crippen molar-refractivity contribution in [3.63, 3.8) is 0 Å². The third-order valence-corrected chi connectivity index (χ3v) is 7.34. The predicted molar refractivity (Wildman–Crippen MR) is 142 cm³/mol.